The zero-order chi connectivity index (χ0) is 19.3. The van der Waals surface area contributed by atoms with Crippen LogP contribution in [0, 0.1) is 5.82 Å². The summed E-state index contributed by atoms with van der Waals surface area (Å²) in [5, 5.41) is 0. The van der Waals surface area contributed by atoms with E-state index in [0.29, 0.717) is 0 Å². The molecule has 1 amide bonds. The number of carbonyl (C=O) groups is 1. The molecule has 2 saturated heterocycles. The molecule has 0 bridgehead atoms. The lowest BCUT2D eigenvalue weighted by Crippen LogP contribution is -2.53. The van der Waals surface area contributed by atoms with Crippen LogP contribution in [0.3, 0.4) is 0 Å². The van der Waals surface area contributed by atoms with E-state index < -0.39 is 0 Å². The minimum absolute atomic E-state index is 0.0175. The van der Waals surface area contributed by atoms with E-state index in [1.807, 2.05) is 23.1 Å². The quantitative estimate of drug-likeness (QED) is 0.796. The highest BCUT2D eigenvalue weighted by molar-refractivity contribution is 5.82. The molecule has 4 rings (SSSR count). The van der Waals surface area contributed by atoms with Gasteiger partial charge in [0.25, 0.3) is 0 Å². The molecule has 2 aromatic rings. The van der Waals surface area contributed by atoms with E-state index in [9.17, 15) is 9.18 Å². The van der Waals surface area contributed by atoms with Crippen molar-refractivity contribution >= 4 is 5.91 Å². The Balaban J connectivity index is 1.30. The zero-order valence-corrected chi connectivity index (χ0v) is 16.3. The Hall–Kier alpha value is -2.24. The largest absolute Gasteiger partial charge is 0.339 e. The molecule has 4 nitrogen and oxygen atoms in total. The van der Waals surface area contributed by atoms with Gasteiger partial charge in [-0.3, -0.25) is 14.6 Å². The summed E-state index contributed by atoms with van der Waals surface area (Å²) in [4.78, 5) is 19.8. The fourth-order valence-corrected chi connectivity index (χ4v) is 4.30. The van der Waals surface area contributed by atoms with Gasteiger partial charge in [0, 0.05) is 39.3 Å². The highest BCUT2D eigenvalue weighted by Gasteiger charge is 2.34. The SMILES string of the molecule is O=C([C@@H]1CCCN1Cc1ccccc1)N1CCN(Cc2ccc(F)cc2)CC1. The maximum absolute atomic E-state index is 13.1. The van der Waals surface area contributed by atoms with Crippen molar-refractivity contribution in [2.75, 3.05) is 32.7 Å². The highest BCUT2D eigenvalue weighted by atomic mass is 19.1. The predicted octanol–water partition coefficient (Wildman–Crippen LogP) is 3.13. The number of nitrogens with zero attached hydrogens (tertiary/aromatic N) is 3. The Labute approximate surface area is 166 Å². The molecule has 2 aromatic carbocycles. The Morgan fingerprint density at radius 3 is 2.25 bits per heavy atom. The molecule has 5 heteroatoms. The van der Waals surface area contributed by atoms with Gasteiger partial charge in [0.1, 0.15) is 5.82 Å². The Kier molecular flexibility index (Phi) is 6.03. The Bertz CT molecular complexity index is 772. The van der Waals surface area contributed by atoms with Crippen LogP contribution in [-0.2, 0) is 17.9 Å². The van der Waals surface area contributed by atoms with E-state index in [-0.39, 0.29) is 17.8 Å². The van der Waals surface area contributed by atoms with Gasteiger partial charge in [0.15, 0.2) is 0 Å². The van der Waals surface area contributed by atoms with Crippen LogP contribution in [-0.4, -0.2) is 59.4 Å². The topological polar surface area (TPSA) is 26.8 Å². The van der Waals surface area contributed by atoms with Gasteiger partial charge in [-0.2, -0.15) is 0 Å². The van der Waals surface area contributed by atoms with Crippen molar-refractivity contribution in [2.24, 2.45) is 0 Å². The first kappa shape index (κ1) is 19.1. The van der Waals surface area contributed by atoms with Crippen LogP contribution in [0.5, 0.6) is 0 Å². The molecule has 2 fully saturated rings. The van der Waals surface area contributed by atoms with Crippen LogP contribution >= 0.6 is 0 Å². The molecule has 1 atom stereocenters. The van der Waals surface area contributed by atoms with Crippen molar-refractivity contribution in [1.29, 1.82) is 0 Å². The first-order valence-electron chi connectivity index (χ1n) is 10.2. The summed E-state index contributed by atoms with van der Waals surface area (Å²) >= 11 is 0. The second-order valence-corrected chi connectivity index (χ2v) is 7.84. The summed E-state index contributed by atoms with van der Waals surface area (Å²) in [6, 6.07) is 17.1. The molecule has 0 spiro atoms. The van der Waals surface area contributed by atoms with Crippen LogP contribution in [0.2, 0.25) is 0 Å². The van der Waals surface area contributed by atoms with Gasteiger partial charge < -0.3 is 4.90 Å². The maximum Gasteiger partial charge on any atom is 0.240 e. The molecular formula is C23H28FN3O. The lowest BCUT2D eigenvalue weighted by atomic mass is 10.1. The van der Waals surface area contributed by atoms with E-state index in [1.54, 1.807) is 0 Å². The smallest absolute Gasteiger partial charge is 0.240 e. The zero-order valence-electron chi connectivity index (χ0n) is 16.3. The van der Waals surface area contributed by atoms with Gasteiger partial charge in [0.2, 0.25) is 5.91 Å². The first-order valence-corrected chi connectivity index (χ1v) is 10.2. The summed E-state index contributed by atoms with van der Waals surface area (Å²) in [6.45, 7) is 5.94. The van der Waals surface area contributed by atoms with Gasteiger partial charge in [-0.1, -0.05) is 42.5 Å². The third-order valence-electron chi connectivity index (χ3n) is 5.88. The van der Waals surface area contributed by atoms with E-state index >= 15 is 0 Å². The van der Waals surface area contributed by atoms with Gasteiger partial charge in [-0.25, -0.2) is 4.39 Å². The third kappa shape index (κ3) is 4.59. The molecule has 0 radical (unpaired) electrons. The molecule has 0 aliphatic carbocycles. The summed E-state index contributed by atoms with van der Waals surface area (Å²) in [5.41, 5.74) is 2.39. The second-order valence-electron chi connectivity index (χ2n) is 7.84. The number of benzene rings is 2. The van der Waals surface area contributed by atoms with Crippen molar-refractivity contribution < 1.29 is 9.18 Å². The van der Waals surface area contributed by atoms with Crippen LogP contribution in [0.15, 0.2) is 54.6 Å². The molecular weight excluding hydrogens is 353 g/mol. The lowest BCUT2D eigenvalue weighted by Gasteiger charge is -2.37. The fourth-order valence-electron chi connectivity index (χ4n) is 4.30. The van der Waals surface area contributed by atoms with Crippen LogP contribution in [0.4, 0.5) is 4.39 Å². The van der Waals surface area contributed by atoms with Crippen molar-refractivity contribution in [3.63, 3.8) is 0 Å². The molecule has 2 heterocycles. The van der Waals surface area contributed by atoms with Crippen molar-refractivity contribution in [3.8, 4) is 0 Å². The minimum Gasteiger partial charge on any atom is -0.339 e. The van der Waals surface area contributed by atoms with E-state index in [2.05, 4.69) is 34.1 Å². The van der Waals surface area contributed by atoms with Crippen LogP contribution < -0.4 is 0 Å². The van der Waals surface area contributed by atoms with Gasteiger partial charge in [-0.05, 0) is 42.6 Å². The number of halogens is 1. The summed E-state index contributed by atoms with van der Waals surface area (Å²) in [7, 11) is 0. The lowest BCUT2D eigenvalue weighted by molar-refractivity contribution is -0.138. The average Bonchev–Trinajstić information content (AvgIpc) is 3.18. The van der Waals surface area contributed by atoms with E-state index in [4.69, 9.17) is 0 Å². The maximum atomic E-state index is 13.1. The summed E-state index contributed by atoms with van der Waals surface area (Å²) in [5.74, 6) is 0.0886. The van der Waals surface area contributed by atoms with Gasteiger partial charge in [0.05, 0.1) is 6.04 Å². The van der Waals surface area contributed by atoms with Crippen molar-refractivity contribution in [1.82, 2.24) is 14.7 Å². The number of hydrogen-bond acceptors (Lipinski definition) is 3. The van der Waals surface area contributed by atoms with Gasteiger partial charge >= 0.3 is 0 Å². The normalized spacial score (nSPS) is 21.2. The highest BCUT2D eigenvalue weighted by Crippen LogP contribution is 2.22. The number of carbonyl (C=O) groups excluding carboxylic acids is 1. The summed E-state index contributed by atoms with van der Waals surface area (Å²) < 4.78 is 13.1. The molecule has 148 valence electrons. The van der Waals surface area contributed by atoms with Crippen molar-refractivity contribution in [2.45, 2.75) is 32.0 Å². The number of piperazine rings is 1. The Morgan fingerprint density at radius 2 is 1.54 bits per heavy atom. The number of hydrogen-bond donors (Lipinski definition) is 0. The second kappa shape index (κ2) is 8.84. The van der Waals surface area contributed by atoms with Crippen molar-refractivity contribution in [3.05, 3.63) is 71.5 Å². The molecule has 28 heavy (non-hydrogen) atoms. The molecule has 0 N–H and O–H groups in total. The number of amides is 1. The minimum atomic E-state index is -0.198. The van der Waals surface area contributed by atoms with Crippen LogP contribution in [0.25, 0.3) is 0 Å². The average molecular weight is 381 g/mol. The molecule has 0 saturated carbocycles. The molecule has 2 aliphatic heterocycles. The first-order chi connectivity index (χ1) is 13.7. The van der Waals surface area contributed by atoms with E-state index in [0.717, 1.165) is 64.2 Å². The monoisotopic (exact) mass is 381 g/mol. The van der Waals surface area contributed by atoms with E-state index in [1.165, 1.54) is 17.7 Å². The third-order valence-corrected chi connectivity index (χ3v) is 5.88. The molecule has 0 unspecified atom stereocenters. The molecule has 0 aromatic heterocycles. The molecule has 2 aliphatic rings. The Morgan fingerprint density at radius 1 is 0.857 bits per heavy atom. The number of likely N-dealkylation sites (tertiary alicyclic amines) is 1. The van der Waals surface area contributed by atoms with Crippen LogP contribution in [0.1, 0.15) is 24.0 Å². The number of rotatable bonds is 5. The standard InChI is InChI=1S/C23H28FN3O/c24-21-10-8-20(9-11-21)17-25-13-15-26(16-14-25)23(28)22-7-4-12-27(22)18-19-5-2-1-3-6-19/h1-3,5-6,8-11,22H,4,7,12-18H2/t22-/m0/s1. The predicted molar refractivity (Wildman–Crippen MR) is 108 cm³/mol. The summed E-state index contributed by atoms with van der Waals surface area (Å²) in [6.07, 6.45) is 2.05. The fraction of sp³-hybridized carbons (Fsp3) is 0.435. The van der Waals surface area contributed by atoms with Gasteiger partial charge in [-0.15, -0.1) is 0 Å².